The first-order valence-electron chi connectivity index (χ1n) is 4.94. The van der Waals surface area contributed by atoms with Crippen molar-refractivity contribution in [2.45, 2.75) is 6.92 Å². The first kappa shape index (κ1) is 10.8. The van der Waals surface area contributed by atoms with Gasteiger partial charge in [-0.25, -0.2) is 0 Å². The van der Waals surface area contributed by atoms with Crippen molar-refractivity contribution < 1.29 is 4.79 Å². The SMILES string of the molecule is Cc1ccc(/C=C/C(=O)c2cccnc2)s1. The number of allylic oxidation sites excluding steroid dienone is 1. The molecule has 0 bridgehead atoms. The minimum absolute atomic E-state index is 0.0147. The van der Waals surface area contributed by atoms with E-state index in [2.05, 4.69) is 4.98 Å². The summed E-state index contributed by atoms with van der Waals surface area (Å²) < 4.78 is 0. The van der Waals surface area contributed by atoms with Crippen LogP contribution >= 0.6 is 11.3 Å². The zero-order valence-electron chi connectivity index (χ0n) is 8.88. The van der Waals surface area contributed by atoms with E-state index in [9.17, 15) is 4.79 Å². The monoisotopic (exact) mass is 229 g/mol. The number of hydrogen-bond donors (Lipinski definition) is 0. The van der Waals surface area contributed by atoms with E-state index in [1.807, 2.05) is 25.1 Å². The Bertz CT molecular complexity index is 514. The van der Waals surface area contributed by atoms with Gasteiger partial charge in [0.15, 0.2) is 5.78 Å². The number of thiophene rings is 1. The molecule has 0 aliphatic heterocycles. The van der Waals surface area contributed by atoms with E-state index in [0.29, 0.717) is 5.56 Å². The van der Waals surface area contributed by atoms with Crippen LogP contribution in [0.1, 0.15) is 20.1 Å². The average Bonchev–Trinajstić information content (AvgIpc) is 2.73. The van der Waals surface area contributed by atoms with Gasteiger partial charge in [0.25, 0.3) is 0 Å². The highest BCUT2D eigenvalue weighted by atomic mass is 32.1. The third kappa shape index (κ3) is 2.64. The molecule has 80 valence electrons. The predicted molar refractivity (Wildman–Crippen MR) is 66.7 cm³/mol. The molecule has 0 fully saturated rings. The van der Waals surface area contributed by atoms with Crippen molar-refractivity contribution in [2.24, 2.45) is 0 Å². The number of aromatic nitrogens is 1. The first-order chi connectivity index (χ1) is 7.75. The zero-order chi connectivity index (χ0) is 11.4. The summed E-state index contributed by atoms with van der Waals surface area (Å²) in [5.41, 5.74) is 0.618. The van der Waals surface area contributed by atoms with Gasteiger partial charge in [0.2, 0.25) is 0 Å². The molecule has 0 atom stereocenters. The van der Waals surface area contributed by atoms with Gasteiger partial charge in [-0.1, -0.05) is 0 Å². The fraction of sp³-hybridized carbons (Fsp3) is 0.0769. The molecule has 0 spiro atoms. The molecule has 2 heterocycles. The van der Waals surface area contributed by atoms with Gasteiger partial charge in [-0.3, -0.25) is 9.78 Å². The number of aryl methyl sites for hydroxylation is 1. The fourth-order valence-electron chi connectivity index (χ4n) is 1.31. The Morgan fingerprint density at radius 3 is 2.88 bits per heavy atom. The van der Waals surface area contributed by atoms with Crippen LogP contribution in [0.5, 0.6) is 0 Å². The smallest absolute Gasteiger partial charge is 0.187 e. The largest absolute Gasteiger partial charge is 0.289 e. The van der Waals surface area contributed by atoms with E-state index in [-0.39, 0.29) is 5.78 Å². The van der Waals surface area contributed by atoms with Gasteiger partial charge >= 0.3 is 0 Å². The normalized spacial score (nSPS) is 10.8. The molecule has 0 saturated carbocycles. The molecule has 0 aliphatic rings. The number of hydrogen-bond acceptors (Lipinski definition) is 3. The van der Waals surface area contributed by atoms with Crippen molar-refractivity contribution in [1.29, 1.82) is 0 Å². The molecule has 0 aromatic carbocycles. The second kappa shape index (κ2) is 4.86. The van der Waals surface area contributed by atoms with Gasteiger partial charge in [0.05, 0.1) is 0 Å². The van der Waals surface area contributed by atoms with Crippen molar-refractivity contribution in [1.82, 2.24) is 4.98 Å². The fourth-order valence-corrected chi connectivity index (χ4v) is 2.09. The minimum atomic E-state index is -0.0147. The molecule has 0 N–H and O–H groups in total. The quantitative estimate of drug-likeness (QED) is 0.596. The van der Waals surface area contributed by atoms with Gasteiger partial charge < -0.3 is 0 Å². The molecule has 2 aromatic heterocycles. The van der Waals surface area contributed by atoms with Crippen molar-refractivity contribution >= 4 is 23.2 Å². The summed E-state index contributed by atoms with van der Waals surface area (Å²) in [6.07, 6.45) is 6.66. The van der Waals surface area contributed by atoms with Crippen LogP contribution in [-0.2, 0) is 0 Å². The molecule has 2 nitrogen and oxygen atoms in total. The van der Waals surface area contributed by atoms with Crippen molar-refractivity contribution in [3.05, 3.63) is 58.1 Å². The van der Waals surface area contributed by atoms with Gasteiger partial charge in [-0.2, -0.15) is 0 Å². The van der Waals surface area contributed by atoms with Crippen LogP contribution in [0.15, 0.2) is 42.7 Å². The third-order valence-electron chi connectivity index (χ3n) is 2.11. The number of rotatable bonds is 3. The van der Waals surface area contributed by atoms with Crippen LogP contribution in [-0.4, -0.2) is 10.8 Å². The molecule has 0 unspecified atom stereocenters. The first-order valence-corrected chi connectivity index (χ1v) is 5.76. The summed E-state index contributed by atoms with van der Waals surface area (Å²) in [7, 11) is 0. The number of nitrogens with zero attached hydrogens (tertiary/aromatic N) is 1. The lowest BCUT2D eigenvalue weighted by Gasteiger charge is -1.92. The van der Waals surface area contributed by atoms with E-state index in [4.69, 9.17) is 0 Å². The summed E-state index contributed by atoms with van der Waals surface area (Å²) in [4.78, 5) is 18.0. The topological polar surface area (TPSA) is 30.0 Å². The summed E-state index contributed by atoms with van der Waals surface area (Å²) in [5, 5.41) is 0. The van der Waals surface area contributed by atoms with E-state index < -0.39 is 0 Å². The summed E-state index contributed by atoms with van der Waals surface area (Å²) >= 11 is 1.67. The highest BCUT2D eigenvalue weighted by Gasteiger charge is 2.00. The van der Waals surface area contributed by atoms with Crippen molar-refractivity contribution in [3.63, 3.8) is 0 Å². The number of carbonyl (C=O) groups is 1. The second-order valence-electron chi connectivity index (χ2n) is 3.39. The molecular formula is C13H11NOS. The Morgan fingerprint density at radius 2 is 2.25 bits per heavy atom. The summed E-state index contributed by atoms with van der Waals surface area (Å²) in [6, 6.07) is 7.57. The highest BCUT2D eigenvalue weighted by molar-refractivity contribution is 7.12. The Labute approximate surface area is 98.3 Å². The maximum absolute atomic E-state index is 11.7. The van der Waals surface area contributed by atoms with E-state index in [1.54, 1.807) is 41.9 Å². The lowest BCUT2D eigenvalue weighted by atomic mass is 10.2. The Morgan fingerprint density at radius 1 is 1.38 bits per heavy atom. The second-order valence-corrected chi connectivity index (χ2v) is 4.71. The van der Waals surface area contributed by atoms with E-state index >= 15 is 0 Å². The molecule has 3 heteroatoms. The van der Waals surface area contributed by atoms with Gasteiger partial charge in [0, 0.05) is 27.7 Å². The van der Waals surface area contributed by atoms with Crippen LogP contribution < -0.4 is 0 Å². The molecule has 0 saturated heterocycles. The lowest BCUT2D eigenvalue weighted by molar-refractivity contribution is 0.104. The predicted octanol–water partition coefficient (Wildman–Crippen LogP) is 3.35. The minimum Gasteiger partial charge on any atom is -0.289 e. The van der Waals surface area contributed by atoms with E-state index in [0.717, 1.165) is 4.88 Å². The summed E-state index contributed by atoms with van der Waals surface area (Å²) in [5.74, 6) is -0.0147. The third-order valence-corrected chi connectivity index (χ3v) is 3.07. The highest BCUT2D eigenvalue weighted by Crippen LogP contribution is 2.16. The number of pyridine rings is 1. The van der Waals surface area contributed by atoms with Crippen LogP contribution in [0.2, 0.25) is 0 Å². The average molecular weight is 229 g/mol. The molecule has 2 aromatic rings. The van der Waals surface area contributed by atoms with Crippen molar-refractivity contribution in [3.8, 4) is 0 Å². The maximum atomic E-state index is 11.7. The van der Waals surface area contributed by atoms with Crippen LogP contribution in [0.25, 0.3) is 6.08 Å². The van der Waals surface area contributed by atoms with Crippen LogP contribution in [0.3, 0.4) is 0 Å². The molecule has 0 aliphatic carbocycles. The molecule has 0 amide bonds. The van der Waals surface area contributed by atoms with Gasteiger partial charge in [0.1, 0.15) is 0 Å². The van der Waals surface area contributed by atoms with Crippen LogP contribution in [0, 0.1) is 6.92 Å². The number of carbonyl (C=O) groups excluding carboxylic acids is 1. The molecule has 2 rings (SSSR count). The van der Waals surface area contributed by atoms with E-state index in [1.165, 1.54) is 4.88 Å². The summed E-state index contributed by atoms with van der Waals surface area (Å²) in [6.45, 7) is 2.05. The lowest BCUT2D eigenvalue weighted by Crippen LogP contribution is -1.93. The van der Waals surface area contributed by atoms with Gasteiger partial charge in [-0.05, 0) is 43.3 Å². The van der Waals surface area contributed by atoms with Gasteiger partial charge in [-0.15, -0.1) is 11.3 Å². The molecular weight excluding hydrogens is 218 g/mol. The molecule has 0 radical (unpaired) electrons. The van der Waals surface area contributed by atoms with Crippen LogP contribution in [0.4, 0.5) is 0 Å². The molecule has 16 heavy (non-hydrogen) atoms. The Hall–Kier alpha value is -1.74. The zero-order valence-corrected chi connectivity index (χ0v) is 9.70. The Kier molecular flexibility index (Phi) is 3.27. The standard InChI is InChI=1S/C13H11NOS/c1-10-4-5-12(16-10)6-7-13(15)11-3-2-8-14-9-11/h2-9H,1H3/b7-6+. The Balaban J connectivity index is 2.11. The van der Waals surface area contributed by atoms with Crippen molar-refractivity contribution in [2.75, 3.05) is 0 Å². The number of ketones is 1. The maximum Gasteiger partial charge on any atom is 0.187 e.